The van der Waals surface area contributed by atoms with Crippen LogP contribution in [0.3, 0.4) is 0 Å². The van der Waals surface area contributed by atoms with Gasteiger partial charge in [0.05, 0.1) is 19.4 Å². The second-order valence-corrected chi connectivity index (χ2v) is 8.19. The third kappa shape index (κ3) is 5.63. The van der Waals surface area contributed by atoms with Gasteiger partial charge in [0.1, 0.15) is 24.2 Å². The first-order valence-electron chi connectivity index (χ1n) is 11.4. The molecule has 4 aromatic rings. The van der Waals surface area contributed by atoms with Crippen molar-refractivity contribution in [3.05, 3.63) is 80.5 Å². The number of imidazole rings is 1. The second kappa shape index (κ2) is 10.9. The summed E-state index contributed by atoms with van der Waals surface area (Å²) in [6.07, 6.45) is 0.607. The number of fused-ring (bicyclic) bond motifs is 1. The van der Waals surface area contributed by atoms with Crippen molar-refractivity contribution in [3.63, 3.8) is 0 Å². The Morgan fingerprint density at radius 2 is 1.94 bits per heavy atom. The monoisotopic (exact) mass is 492 g/mol. The zero-order chi connectivity index (χ0) is 25.7. The Morgan fingerprint density at radius 1 is 1.17 bits per heavy atom. The molecule has 0 spiro atoms. The van der Waals surface area contributed by atoms with Gasteiger partial charge in [0, 0.05) is 7.05 Å². The van der Waals surface area contributed by atoms with Gasteiger partial charge in [0.25, 0.3) is 5.56 Å². The predicted molar refractivity (Wildman–Crippen MR) is 137 cm³/mol. The fraction of sp³-hybridized carbons (Fsp3) is 0.280. The highest BCUT2D eigenvalue weighted by atomic mass is 16.5. The van der Waals surface area contributed by atoms with Crippen molar-refractivity contribution in [2.45, 2.75) is 26.5 Å². The maximum atomic E-state index is 12.6. The Labute approximate surface area is 206 Å². The fourth-order valence-corrected chi connectivity index (χ4v) is 3.64. The molecule has 2 aromatic carbocycles. The van der Waals surface area contributed by atoms with Crippen LogP contribution in [0.15, 0.2) is 63.2 Å². The molecule has 11 nitrogen and oxygen atoms in total. The summed E-state index contributed by atoms with van der Waals surface area (Å²) in [5, 5.41) is 14.9. The largest absolute Gasteiger partial charge is 0.494 e. The molecule has 0 saturated heterocycles. The van der Waals surface area contributed by atoms with Crippen LogP contribution in [0, 0.1) is 6.92 Å². The van der Waals surface area contributed by atoms with E-state index in [1.807, 2.05) is 56.3 Å². The number of aliphatic hydroxyl groups is 1. The van der Waals surface area contributed by atoms with Gasteiger partial charge in [-0.3, -0.25) is 14.3 Å². The number of hydrogen-bond donors (Lipinski definition) is 3. The van der Waals surface area contributed by atoms with E-state index in [0.29, 0.717) is 12.4 Å². The first-order chi connectivity index (χ1) is 17.4. The summed E-state index contributed by atoms with van der Waals surface area (Å²) in [5.41, 5.74) is 3.75. The summed E-state index contributed by atoms with van der Waals surface area (Å²) >= 11 is 0. The number of hydrazone groups is 1. The first kappa shape index (κ1) is 24.7. The molecule has 1 atom stereocenters. The minimum absolute atomic E-state index is 0.0122. The number of H-pyrrole nitrogens is 1. The summed E-state index contributed by atoms with van der Waals surface area (Å²) in [5.74, 6) is 1.57. The third-order valence-corrected chi connectivity index (χ3v) is 5.40. The zero-order valence-corrected chi connectivity index (χ0v) is 20.3. The van der Waals surface area contributed by atoms with Crippen LogP contribution < -0.4 is 26.1 Å². The molecule has 188 valence electrons. The van der Waals surface area contributed by atoms with E-state index in [0.717, 1.165) is 16.9 Å². The molecule has 0 amide bonds. The van der Waals surface area contributed by atoms with Crippen LogP contribution in [0.5, 0.6) is 11.5 Å². The first-order valence-corrected chi connectivity index (χ1v) is 11.4. The molecule has 0 saturated carbocycles. The zero-order valence-electron chi connectivity index (χ0n) is 20.3. The van der Waals surface area contributed by atoms with Crippen molar-refractivity contribution in [1.82, 2.24) is 19.1 Å². The van der Waals surface area contributed by atoms with E-state index in [1.165, 1.54) is 16.2 Å². The van der Waals surface area contributed by atoms with E-state index in [9.17, 15) is 14.7 Å². The second-order valence-electron chi connectivity index (χ2n) is 8.19. The van der Waals surface area contributed by atoms with E-state index in [2.05, 4.69) is 20.5 Å². The van der Waals surface area contributed by atoms with Crippen LogP contribution >= 0.6 is 0 Å². The van der Waals surface area contributed by atoms with E-state index in [-0.39, 0.29) is 30.3 Å². The van der Waals surface area contributed by atoms with Gasteiger partial charge in [0.2, 0.25) is 5.95 Å². The molecule has 0 fully saturated rings. The van der Waals surface area contributed by atoms with Crippen LogP contribution in [0.25, 0.3) is 11.2 Å². The van der Waals surface area contributed by atoms with E-state index >= 15 is 0 Å². The molecule has 1 unspecified atom stereocenters. The Bertz CT molecular complexity index is 1490. The number of aromatic amines is 1. The third-order valence-electron chi connectivity index (χ3n) is 5.40. The predicted octanol–water partition coefficient (Wildman–Crippen LogP) is 2.02. The fourth-order valence-electron chi connectivity index (χ4n) is 3.64. The Kier molecular flexibility index (Phi) is 7.50. The maximum absolute atomic E-state index is 12.6. The molecular formula is C25H28N6O5. The quantitative estimate of drug-likeness (QED) is 0.228. The Balaban J connectivity index is 1.58. The molecule has 3 N–H and O–H groups in total. The minimum Gasteiger partial charge on any atom is -0.494 e. The van der Waals surface area contributed by atoms with Crippen molar-refractivity contribution in [1.29, 1.82) is 0 Å². The number of anilines is 1. The van der Waals surface area contributed by atoms with Gasteiger partial charge in [-0.1, -0.05) is 12.1 Å². The highest BCUT2D eigenvalue weighted by Gasteiger charge is 2.20. The van der Waals surface area contributed by atoms with Crippen molar-refractivity contribution < 1.29 is 14.6 Å². The number of ether oxygens (including phenoxy) is 2. The lowest BCUT2D eigenvalue weighted by molar-refractivity contribution is 0.0938. The van der Waals surface area contributed by atoms with E-state index < -0.39 is 17.4 Å². The van der Waals surface area contributed by atoms with Gasteiger partial charge in [-0.2, -0.15) is 10.1 Å². The van der Waals surface area contributed by atoms with Gasteiger partial charge in [-0.25, -0.2) is 10.2 Å². The molecule has 2 heterocycles. The summed E-state index contributed by atoms with van der Waals surface area (Å²) in [6.45, 7) is 4.40. The number of nitrogens with one attached hydrogen (secondary N) is 2. The molecular weight excluding hydrogens is 464 g/mol. The molecule has 0 aliphatic rings. The van der Waals surface area contributed by atoms with E-state index in [4.69, 9.17) is 9.47 Å². The molecule has 0 bridgehead atoms. The van der Waals surface area contributed by atoms with Gasteiger partial charge in [0.15, 0.2) is 11.2 Å². The van der Waals surface area contributed by atoms with Gasteiger partial charge >= 0.3 is 5.69 Å². The van der Waals surface area contributed by atoms with Crippen LogP contribution in [0.4, 0.5) is 5.95 Å². The molecule has 0 aliphatic heterocycles. The van der Waals surface area contributed by atoms with Gasteiger partial charge in [-0.05, 0) is 61.4 Å². The van der Waals surface area contributed by atoms with Crippen molar-refractivity contribution >= 4 is 23.3 Å². The molecule has 11 heteroatoms. The Hall–Kier alpha value is -4.38. The van der Waals surface area contributed by atoms with Crippen LogP contribution in [-0.2, 0) is 13.6 Å². The number of rotatable bonds is 10. The van der Waals surface area contributed by atoms with Gasteiger partial charge < -0.3 is 19.1 Å². The summed E-state index contributed by atoms with van der Waals surface area (Å²) in [4.78, 5) is 31.4. The lowest BCUT2D eigenvalue weighted by atomic mass is 10.2. The molecule has 36 heavy (non-hydrogen) atoms. The van der Waals surface area contributed by atoms with Gasteiger partial charge in [-0.15, -0.1) is 0 Å². The molecule has 0 radical (unpaired) electrons. The van der Waals surface area contributed by atoms with Crippen molar-refractivity contribution in [2.24, 2.45) is 12.1 Å². The number of nitrogens with zero attached hydrogens (tertiary/aromatic N) is 4. The molecule has 0 aliphatic carbocycles. The van der Waals surface area contributed by atoms with Crippen molar-refractivity contribution in [3.8, 4) is 11.5 Å². The normalized spacial score (nSPS) is 12.2. The standard InChI is InChI=1S/C25H28N6O5/c1-4-35-19-10-8-17(9-11-19)13-26-29-24-27-22-21(23(33)28-25(34)30(22)3)31(24)14-18(32)15-36-20-7-5-6-16(2)12-20/h5-13,18,32H,4,14-15H2,1-3H3,(H,27,29)(H,28,33,34). The number of aromatic nitrogens is 4. The van der Waals surface area contributed by atoms with E-state index in [1.54, 1.807) is 12.3 Å². The van der Waals surface area contributed by atoms with Crippen molar-refractivity contribution in [2.75, 3.05) is 18.6 Å². The number of aliphatic hydroxyl groups excluding tert-OH is 1. The molecule has 4 rings (SSSR count). The summed E-state index contributed by atoms with van der Waals surface area (Å²) in [6, 6.07) is 14.8. The minimum atomic E-state index is -0.977. The summed E-state index contributed by atoms with van der Waals surface area (Å²) < 4.78 is 13.8. The lowest BCUT2D eigenvalue weighted by Crippen LogP contribution is -2.30. The number of benzene rings is 2. The number of hydrogen-bond acceptors (Lipinski definition) is 8. The van der Waals surface area contributed by atoms with Crippen LogP contribution in [-0.4, -0.2) is 49.7 Å². The molecule has 2 aromatic heterocycles. The van der Waals surface area contributed by atoms with Crippen LogP contribution in [0.2, 0.25) is 0 Å². The maximum Gasteiger partial charge on any atom is 0.329 e. The Morgan fingerprint density at radius 3 is 2.67 bits per heavy atom. The average molecular weight is 493 g/mol. The highest BCUT2D eigenvalue weighted by molar-refractivity contribution is 5.80. The SMILES string of the molecule is CCOc1ccc(C=NNc2nc3c(c(=O)[nH]c(=O)n3C)n2CC(O)COc2cccc(C)c2)cc1. The average Bonchev–Trinajstić information content (AvgIpc) is 3.21. The lowest BCUT2D eigenvalue weighted by Gasteiger charge is -2.15. The topological polar surface area (TPSA) is 136 Å². The highest BCUT2D eigenvalue weighted by Crippen LogP contribution is 2.18. The smallest absolute Gasteiger partial charge is 0.329 e. The van der Waals surface area contributed by atoms with Crippen LogP contribution in [0.1, 0.15) is 18.1 Å². The summed E-state index contributed by atoms with van der Waals surface area (Å²) in [7, 11) is 1.50. The number of aryl methyl sites for hydroxylation is 2.